The smallest absolute Gasteiger partial charge is 0.226 e. The van der Waals surface area contributed by atoms with E-state index in [0.29, 0.717) is 33.7 Å². The molecule has 1 fully saturated rings. The van der Waals surface area contributed by atoms with Crippen LogP contribution in [0.3, 0.4) is 0 Å². The molecule has 5 atom stereocenters. The summed E-state index contributed by atoms with van der Waals surface area (Å²) in [6.45, 7) is 1.54. The average molecular weight is 519 g/mol. The van der Waals surface area contributed by atoms with Gasteiger partial charge < -0.3 is 25.4 Å². The molecule has 184 valence electrons. The summed E-state index contributed by atoms with van der Waals surface area (Å²) in [5, 5.41) is 41.0. The van der Waals surface area contributed by atoms with Gasteiger partial charge in [-0.05, 0) is 18.5 Å². The highest BCUT2D eigenvalue weighted by Crippen LogP contribution is 2.33. The van der Waals surface area contributed by atoms with Crippen molar-refractivity contribution >= 4 is 40.3 Å². The molecule has 0 aliphatic carbocycles. The van der Waals surface area contributed by atoms with Crippen LogP contribution in [0.4, 0.5) is 5.82 Å². The minimum atomic E-state index is -1.27. The number of aromatic nitrogens is 7. The SMILES string of the molecule is C[C@H](CSc1n[nH]c(-c2ccccc2)n1)Nc1nc(Cl)nc2c1ncn2[C@@H]1O[C@H](CO)C(O)C1O. The molecule has 1 aliphatic heterocycles. The second-order valence-electron chi connectivity index (χ2n) is 8.08. The monoisotopic (exact) mass is 518 g/mol. The number of benzene rings is 1. The molecule has 0 amide bonds. The van der Waals surface area contributed by atoms with Crippen LogP contribution in [0.1, 0.15) is 13.2 Å². The Kier molecular flexibility index (Phi) is 6.86. The van der Waals surface area contributed by atoms with Crippen LogP contribution in [0.15, 0.2) is 41.8 Å². The van der Waals surface area contributed by atoms with Crippen molar-refractivity contribution in [3.63, 3.8) is 0 Å². The molecule has 3 aromatic heterocycles. The van der Waals surface area contributed by atoms with Crippen molar-refractivity contribution in [2.24, 2.45) is 0 Å². The maximum Gasteiger partial charge on any atom is 0.226 e. The second-order valence-corrected chi connectivity index (χ2v) is 9.41. The molecule has 1 aromatic carbocycles. The Morgan fingerprint density at radius 2 is 2.00 bits per heavy atom. The molecule has 0 saturated carbocycles. The number of ether oxygens (including phenoxy) is 1. The molecule has 4 aromatic rings. The van der Waals surface area contributed by atoms with Crippen molar-refractivity contribution in [1.82, 2.24) is 34.7 Å². The highest BCUT2D eigenvalue weighted by Gasteiger charge is 2.44. The topological polar surface area (TPSA) is 167 Å². The van der Waals surface area contributed by atoms with E-state index in [2.05, 4.69) is 35.5 Å². The van der Waals surface area contributed by atoms with Gasteiger partial charge in [0.25, 0.3) is 0 Å². The van der Waals surface area contributed by atoms with E-state index >= 15 is 0 Å². The number of aromatic amines is 1. The second kappa shape index (κ2) is 10.0. The van der Waals surface area contributed by atoms with Crippen LogP contribution in [0.2, 0.25) is 5.28 Å². The summed E-state index contributed by atoms with van der Waals surface area (Å²) in [4.78, 5) is 17.4. The average Bonchev–Trinajstić information content (AvgIpc) is 3.57. The van der Waals surface area contributed by atoms with E-state index < -0.39 is 31.1 Å². The number of imidazole rings is 1. The first kappa shape index (κ1) is 23.9. The third kappa shape index (κ3) is 4.83. The maximum absolute atomic E-state index is 10.4. The fourth-order valence-electron chi connectivity index (χ4n) is 3.80. The van der Waals surface area contributed by atoms with Crippen LogP contribution in [0.25, 0.3) is 22.6 Å². The summed E-state index contributed by atoms with van der Waals surface area (Å²) >= 11 is 7.65. The molecule has 4 heterocycles. The Bertz CT molecular complexity index is 1310. The van der Waals surface area contributed by atoms with Crippen LogP contribution in [-0.2, 0) is 4.74 Å². The number of fused-ring (bicyclic) bond motifs is 1. The van der Waals surface area contributed by atoms with Crippen LogP contribution >= 0.6 is 23.4 Å². The van der Waals surface area contributed by atoms with Crippen molar-refractivity contribution in [3.8, 4) is 11.4 Å². The van der Waals surface area contributed by atoms with Gasteiger partial charge in [0.1, 0.15) is 18.3 Å². The number of rotatable bonds is 8. The van der Waals surface area contributed by atoms with Gasteiger partial charge in [-0.3, -0.25) is 9.67 Å². The lowest BCUT2D eigenvalue weighted by Gasteiger charge is -2.17. The summed E-state index contributed by atoms with van der Waals surface area (Å²) in [6, 6.07) is 9.69. The first-order valence-corrected chi connectivity index (χ1v) is 12.2. The third-order valence-electron chi connectivity index (χ3n) is 5.54. The number of H-pyrrole nitrogens is 1. The van der Waals surface area contributed by atoms with Crippen molar-refractivity contribution in [2.75, 3.05) is 17.7 Å². The largest absolute Gasteiger partial charge is 0.394 e. The van der Waals surface area contributed by atoms with E-state index in [1.54, 1.807) is 0 Å². The molecule has 5 N–H and O–H groups in total. The van der Waals surface area contributed by atoms with Gasteiger partial charge in [0.15, 0.2) is 29.0 Å². The van der Waals surface area contributed by atoms with Crippen LogP contribution in [0, 0.1) is 0 Å². The minimum Gasteiger partial charge on any atom is -0.394 e. The molecule has 5 rings (SSSR count). The highest BCUT2D eigenvalue weighted by atomic mass is 35.5. The molecule has 0 radical (unpaired) electrons. The first-order valence-electron chi connectivity index (χ1n) is 10.8. The van der Waals surface area contributed by atoms with E-state index in [-0.39, 0.29) is 11.3 Å². The Morgan fingerprint density at radius 3 is 2.74 bits per heavy atom. The molecular formula is C21H23ClN8O4S. The van der Waals surface area contributed by atoms with Crippen LogP contribution in [0.5, 0.6) is 0 Å². The van der Waals surface area contributed by atoms with E-state index in [0.717, 1.165) is 5.56 Å². The van der Waals surface area contributed by atoms with Gasteiger partial charge in [0, 0.05) is 17.4 Å². The zero-order valence-corrected chi connectivity index (χ0v) is 20.1. The molecule has 1 saturated heterocycles. The quantitative estimate of drug-likeness (QED) is 0.169. The zero-order chi connectivity index (χ0) is 24.5. The summed E-state index contributed by atoms with van der Waals surface area (Å²) in [6.07, 6.45) is -2.99. The lowest BCUT2D eigenvalue weighted by molar-refractivity contribution is -0.0511. The third-order valence-corrected chi connectivity index (χ3v) is 6.82. The molecule has 2 unspecified atom stereocenters. The molecular weight excluding hydrogens is 496 g/mol. The zero-order valence-electron chi connectivity index (χ0n) is 18.5. The van der Waals surface area contributed by atoms with Crippen molar-refractivity contribution < 1.29 is 20.1 Å². The number of nitrogens with zero attached hydrogens (tertiary/aromatic N) is 6. The fraction of sp³-hybridized carbons (Fsp3) is 0.381. The normalized spacial score (nSPS) is 23.1. The fourth-order valence-corrected chi connectivity index (χ4v) is 4.71. The number of hydrogen-bond donors (Lipinski definition) is 5. The lowest BCUT2D eigenvalue weighted by atomic mass is 10.1. The molecule has 0 spiro atoms. The molecule has 14 heteroatoms. The van der Waals surface area contributed by atoms with Gasteiger partial charge in [0.2, 0.25) is 10.4 Å². The summed E-state index contributed by atoms with van der Waals surface area (Å²) < 4.78 is 7.07. The van der Waals surface area contributed by atoms with Crippen molar-refractivity contribution in [1.29, 1.82) is 0 Å². The molecule has 1 aliphatic rings. The number of aliphatic hydroxyl groups excluding tert-OH is 3. The van der Waals surface area contributed by atoms with Gasteiger partial charge in [0.05, 0.1) is 12.9 Å². The van der Waals surface area contributed by atoms with E-state index in [4.69, 9.17) is 16.3 Å². The number of anilines is 1. The standard InChI is InChI=1S/C21H23ClN8O4S/c1-10(8-35-21-26-16(28-29-21)11-5-3-2-4-6-11)24-17-13-18(27-20(22)25-17)30(9-23-13)19-15(33)14(32)12(7-31)34-19/h2-6,9-10,12,14-15,19,31-33H,7-8H2,1H3,(H,24,25,27)(H,26,28,29)/t10-,12-,14?,15?,19-/m1/s1. The number of halogens is 1. The number of aliphatic hydroxyl groups is 3. The lowest BCUT2D eigenvalue weighted by Crippen LogP contribution is -2.33. The molecule has 0 bridgehead atoms. The van der Waals surface area contributed by atoms with E-state index in [1.165, 1.54) is 22.7 Å². The first-order chi connectivity index (χ1) is 16.9. The Balaban J connectivity index is 1.29. The predicted octanol–water partition coefficient (Wildman–Crippen LogP) is 1.47. The highest BCUT2D eigenvalue weighted by molar-refractivity contribution is 7.99. The van der Waals surface area contributed by atoms with Gasteiger partial charge in [-0.15, -0.1) is 5.10 Å². The van der Waals surface area contributed by atoms with Gasteiger partial charge in [-0.25, -0.2) is 9.97 Å². The number of nitrogens with one attached hydrogen (secondary N) is 2. The van der Waals surface area contributed by atoms with E-state index in [1.807, 2.05) is 37.3 Å². The van der Waals surface area contributed by atoms with Gasteiger partial charge in [-0.1, -0.05) is 42.1 Å². The Labute approximate surface area is 208 Å². The summed E-state index contributed by atoms with van der Waals surface area (Å²) in [5.74, 6) is 1.75. The number of thioether (sulfide) groups is 1. The predicted molar refractivity (Wildman–Crippen MR) is 129 cm³/mol. The minimum absolute atomic E-state index is 0.0187. The maximum atomic E-state index is 10.4. The van der Waals surface area contributed by atoms with Crippen molar-refractivity contribution in [2.45, 2.75) is 42.7 Å². The van der Waals surface area contributed by atoms with E-state index in [9.17, 15) is 15.3 Å². The Morgan fingerprint density at radius 1 is 1.20 bits per heavy atom. The van der Waals surface area contributed by atoms with Crippen molar-refractivity contribution in [3.05, 3.63) is 41.9 Å². The van der Waals surface area contributed by atoms with Crippen LogP contribution < -0.4 is 5.32 Å². The van der Waals surface area contributed by atoms with Gasteiger partial charge in [-0.2, -0.15) is 9.97 Å². The molecule has 35 heavy (non-hydrogen) atoms. The molecule has 12 nitrogen and oxygen atoms in total. The van der Waals surface area contributed by atoms with Gasteiger partial charge >= 0.3 is 0 Å². The number of hydrogen-bond acceptors (Lipinski definition) is 11. The Hall–Kier alpha value is -2.81. The summed E-state index contributed by atoms with van der Waals surface area (Å²) in [7, 11) is 0. The van der Waals surface area contributed by atoms with Crippen LogP contribution in [-0.4, -0.2) is 86.7 Å². The summed E-state index contributed by atoms with van der Waals surface area (Å²) in [5.41, 5.74) is 1.71.